The Kier molecular flexibility index (Phi) is 7.12. The summed E-state index contributed by atoms with van der Waals surface area (Å²) in [6.45, 7) is 5.71. The number of hydrogen-bond acceptors (Lipinski definition) is 3. The number of hydrogen-bond donors (Lipinski definition) is 1. The molecule has 0 saturated heterocycles. The first-order valence-corrected chi connectivity index (χ1v) is 6.78. The summed E-state index contributed by atoms with van der Waals surface area (Å²) in [5, 5.41) is 9.11. The van der Waals surface area contributed by atoms with Crippen LogP contribution < -0.4 is 4.74 Å². The van der Waals surface area contributed by atoms with Gasteiger partial charge in [-0.25, -0.2) is 4.79 Å². The van der Waals surface area contributed by atoms with E-state index in [1.54, 1.807) is 18.2 Å². The van der Waals surface area contributed by atoms with Crippen molar-refractivity contribution in [2.45, 2.75) is 13.8 Å². The van der Waals surface area contributed by atoms with Gasteiger partial charge < -0.3 is 14.6 Å². The quantitative estimate of drug-likeness (QED) is 0.589. The van der Waals surface area contributed by atoms with E-state index < -0.39 is 5.97 Å². The molecule has 0 aliphatic heterocycles. The number of benzene rings is 1. The molecule has 1 aromatic rings. The molecule has 1 N–H and O–H groups in total. The van der Waals surface area contributed by atoms with Crippen LogP contribution in [0.15, 0.2) is 24.3 Å². The Morgan fingerprint density at radius 2 is 2.15 bits per heavy atom. The smallest absolute Gasteiger partial charge is 0.328 e. The summed E-state index contributed by atoms with van der Waals surface area (Å²) < 4.78 is 11.0. The zero-order chi connectivity index (χ0) is 15.0. The summed E-state index contributed by atoms with van der Waals surface area (Å²) in [4.78, 5) is 10.6. The molecule has 0 saturated carbocycles. The molecule has 0 bridgehead atoms. The topological polar surface area (TPSA) is 55.8 Å². The normalized spacial score (nSPS) is 11.2. The van der Waals surface area contributed by atoms with Crippen molar-refractivity contribution < 1.29 is 19.4 Å². The van der Waals surface area contributed by atoms with Crippen LogP contribution in [0.4, 0.5) is 0 Å². The maximum atomic E-state index is 10.6. The molecule has 1 rings (SSSR count). The van der Waals surface area contributed by atoms with Crippen molar-refractivity contribution in [1.82, 2.24) is 0 Å². The highest BCUT2D eigenvalue weighted by atomic mass is 35.5. The SMILES string of the molecule is CC(C)COCCOc1cccc(Cl)c1/C=C/C(=O)O. The van der Waals surface area contributed by atoms with Crippen molar-refractivity contribution in [3.63, 3.8) is 0 Å². The van der Waals surface area contributed by atoms with Crippen LogP contribution >= 0.6 is 11.6 Å². The Bertz CT molecular complexity index is 469. The Labute approximate surface area is 124 Å². The van der Waals surface area contributed by atoms with E-state index in [0.29, 0.717) is 42.1 Å². The molecular weight excluding hydrogens is 280 g/mol. The van der Waals surface area contributed by atoms with E-state index in [0.717, 1.165) is 6.08 Å². The van der Waals surface area contributed by atoms with Gasteiger partial charge in [-0.05, 0) is 24.1 Å². The van der Waals surface area contributed by atoms with Gasteiger partial charge in [0.25, 0.3) is 0 Å². The van der Waals surface area contributed by atoms with Gasteiger partial charge in [-0.1, -0.05) is 31.5 Å². The molecule has 20 heavy (non-hydrogen) atoms. The molecule has 110 valence electrons. The fourth-order valence-corrected chi connectivity index (χ4v) is 1.72. The zero-order valence-corrected chi connectivity index (χ0v) is 12.4. The van der Waals surface area contributed by atoms with Crippen LogP contribution in [0.2, 0.25) is 5.02 Å². The van der Waals surface area contributed by atoms with Crippen LogP contribution in [0.5, 0.6) is 5.75 Å². The molecular formula is C15H19ClO4. The van der Waals surface area contributed by atoms with Crippen LogP contribution in [0, 0.1) is 5.92 Å². The van der Waals surface area contributed by atoms with Gasteiger partial charge in [0.05, 0.1) is 11.6 Å². The van der Waals surface area contributed by atoms with Gasteiger partial charge in [-0.2, -0.15) is 0 Å². The molecule has 0 aliphatic rings. The van der Waals surface area contributed by atoms with Crippen LogP contribution in [-0.2, 0) is 9.53 Å². The third kappa shape index (κ3) is 6.08. The molecule has 0 amide bonds. The highest BCUT2D eigenvalue weighted by Crippen LogP contribution is 2.27. The molecule has 5 heteroatoms. The summed E-state index contributed by atoms with van der Waals surface area (Å²) >= 11 is 6.04. The Balaban J connectivity index is 2.60. The lowest BCUT2D eigenvalue weighted by atomic mass is 10.2. The first kappa shape index (κ1) is 16.5. The van der Waals surface area contributed by atoms with Gasteiger partial charge in [0.1, 0.15) is 12.4 Å². The van der Waals surface area contributed by atoms with Gasteiger partial charge in [0.15, 0.2) is 0 Å². The molecule has 1 aromatic carbocycles. The zero-order valence-electron chi connectivity index (χ0n) is 11.6. The van der Waals surface area contributed by atoms with Crippen molar-refractivity contribution in [1.29, 1.82) is 0 Å². The standard InChI is InChI=1S/C15H19ClO4/c1-11(2)10-19-8-9-20-14-5-3-4-13(16)12(14)6-7-15(17)18/h3-7,11H,8-10H2,1-2H3,(H,17,18)/b7-6+. The predicted octanol–water partition coefficient (Wildman–Crippen LogP) is 3.49. The molecule has 0 aromatic heterocycles. The Morgan fingerprint density at radius 3 is 2.80 bits per heavy atom. The number of carboxylic acids is 1. The fraction of sp³-hybridized carbons (Fsp3) is 0.400. The molecule has 0 aliphatic carbocycles. The molecule has 0 unspecified atom stereocenters. The first-order chi connectivity index (χ1) is 9.50. The van der Waals surface area contributed by atoms with E-state index >= 15 is 0 Å². The molecule has 0 heterocycles. The van der Waals surface area contributed by atoms with Gasteiger partial charge in [-0.15, -0.1) is 0 Å². The van der Waals surface area contributed by atoms with Crippen molar-refractivity contribution in [3.8, 4) is 5.75 Å². The van der Waals surface area contributed by atoms with E-state index in [1.165, 1.54) is 6.08 Å². The largest absolute Gasteiger partial charge is 0.491 e. The molecule has 0 radical (unpaired) electrons. The van der Waals surface area contributed by atoms with Gasteiger partial charge >= 0.3 is 5.97 Å². The van der Waals surface area contributed by atoms with E-state index in [-0.39, 0.29) is 0 Å². The minimum absolute atomic E-state index is 0.390. The summed E-state index contributed by atoms with van der Waals surface area (Å²) in [7, 11) is 0. The lowest BCUT2D eigenvalue weighted by molar-refractivity contribution is -0.131. The summed E-state index contributed by atoms with van der Waals surface area (Å²) in [6, 6.07) is 5.19. The number of ether oxygens (including phenoxy) is 2. The third-order valence-electron chi connectivity index (χ3n) is 2.34. The van der Waals surface area contributed by atoms with Crippen molar-refractivity contribution in [3.05, 3.63) is 34.9 Å². The third-order valence-corrected chi connectivity index (χ3v) is 2.67. The second kappa shape index (κ2) is 8.61. The average Bonchev–Trinajstić information content (AvgIpc) is 2.36. The van der Waals surface area contributed by atoms with E-state index in [4.69, 9.17) is 26.2 Å². The van der Waals surface area contributed by atoms with Crippen LogP contribution in [0.1, 0.15) is 19.4 Å². The highest BCUT2D eigenvalue weighted by Gasteiger charge is 2.06. The molecule has 0 spiro atoms. The number of carbonyl (C=O) groups is 1. The summed E-state index contributed by atoms with van der Waals surface area (Å²) in [5.74, 6) is -0.00508. The summed E-state index contributed by atoms with van der Waals surface area (Å²) in [5.41, 5.74) is 0.556. The number of rotatable bonds is 8. The second-order valence-electron chi connectivity index (χ2n) is 4.64. The van der Waals surface area contributed by atoms with Gasteiger partial charge in [0.2, 0.25) is 0 Å². The molecule has 4 nitrogen and oxygen atoms in total. The number of carboxylic acid groups (broad SMARTS) is 1. The van der Waals surface area contributed by atoms with Crippen LogP contribution in [0.25, 0.3) is 6.08 Å². The van der Waals surface area contributed by atoms with E-state index in [1.807, 2.05) is 0 Å². The van der Waals surface area contributed by atoms with Crippen molar-refractivity contribution in [2.75, 3.05) is 19.8 Å². The maximum absolute atomic E-state index is 10.6. The van der Waals surface area contributed by atoms with Crippen molar-refractivity contribution in [2.24, 2.45) is 5.92 Å². The maximum Gasteiger partial charge on any atom is 0.328 e. The Morgan fingerprint density at radius 1 is 1.40 bits per heavy atom. The highest BCUT2D eigenvalue weighted by molar-refractivity contribution is 6.32. The number of halogens is 1. The van der Waals surface area contributed by atoms with Gasteiger partial charge in [0, 0.05) is 18.2 Å². The van der Waals surface area contributed by atoms with E-state index in [2.05, 4.69) is 13.8 Å². The van der Waals surface area contributed by atoms with Crippen LogP contribution in [-0.4, -0.2) is 30.9 Å². The van der Waals surface area contributed by atoms with E-state index in [9.17, 15) is 4.79 Å². The second-order valence-corrected chi connectivity index (χ2v) is 5.05. The molecule has 0 fully saturated rings. The van der Waals surface area contributed by atoms with Crippen LogP contribution in [0.3, 0.4) is 0 Å². The fourth-order valence-electron chi connectivity index (χ4n) is 1.49. The minimum atomic E-state index is -1.03. The molecule has 0 atom stereocenters. The predicted molar refractivity (Wildman–Crippen MR) is 79.3 cm³/mol. The van der Waals surface area contributed by atoms with Gasteiger partial charge in [-0.3, -0.25) is 0 Å². The first-order valence-electron chi connectivity index (χ1n) is 6.40. The lowest BCUT2D eigenvalue weighted by Gasteiger charge is -2.11. The average molecular weight is 299 g/mol. The summed E-state index contributed by atoms with van der Waals surface area (Å²) in [6.07, 6.45) is 2.46. The monoisotopic (exact) mass is 298 g/mol. The van der Waals surface area contributed by atoms with Crippen molar-refractivity contribution >= 4 is 23.6 Å². The Hall–Kier alpha value is -1.52. The lowest BCUT2D eigenvalue weighted by Crippen LogP contribution is -2.10. The minimum Gasteiger partial charge on any atom is -0.491 e. The number of aliphatic carboxylic acids is 1.